The maximum atomic E-state index is 12.4. The number of alkyl halides is 3. The maximum Gasteiger partial charge on any atom is 0.446 e. The molecular formula is C13H14F3NO3S. The van der Waals surface area contributed by atoms with Crippen LogP contribution in [-0.4, -0.2) is 30.0 Å². The van der Waals surface area contributed by atoms with E-state index in [9.17, 15) is 22.8 Å². The predicted molar refractivity (Wildman–Crippen MR) is 71.9 cm³/mol. The van der Waals surface area contributed by atoms with Gasteiger partial charge in [-0.15, -0.1) is 0 Å². The van der Waals surface area contributed by atoms with Crippen LogP contribution in [0.4, 0.5) is 13.2 Å². The molecular weight excluding hydrogens is 307 g/mol. The smallest absolute Gasteiger partial charge is 0.446 e. The molecule has 0 aliphatic rings. The molecule has 0 radical (unpaired) electrons. The number of benzene rings is 1. The minimum atomic E-state index is -4.50. The first kappa shape index (κ1) is 17.4. The van der Waals surface area contributed by atoms with Gasteiger partial charge in [0.25, 0.3) is 5.91 Å². The summed E-state index contributed by atoms with van der Waals surface area (Å²) in [5, 5.41) is 2.31. The number of rotatable bonds is 5. The van der Waals surface area contributed by atoms with Crippen LogP contribution in [0.25, 0.3) is 0 Å². The summed E-state index contributed by atoms with van der Waals surface area (Å²) < 4.78 is 42.0. The molecule has 0 aliphatic carbocycles. The van der Waals surface area contributed by atoms with Crippen molar-refractivity contribution in [1.29, 1.82) is 0 Å². The highest BCUT2D eigenvalue weighted by atomic mass is 32.2. The Morgan fingerprint density at radius 1 is 1.33 bits per heavy atom. The fourth-order valence-corrected chi connectivity index (χ4v) is 2.14. The van der Waals surface area contributed by atoms with Gasteiger partial charge in [0.1, 0.15) is 6.04 Å². The fourth-order valence-electron chi connectivity index (χ4n) is 1.47. The number of esters is 1. The lowest BCUT2D eigenvalue weighted by molar-refractivity contribution is -0.144. The molecule has 0 aliphatic heterocycles. The summed E-state index contributed by atoms with van der Waals surface area (Å²) in [6.07, 6.45) is 0. The van der Waals surface area contributed by atoms with Crippen LogP contribution in [0.15, 0.2) is 29.2 Å². The number of thioether (sulfide) groups is 1. The van der Waals surface area contributed by atoms with Crippen molar-refractivity contribution in [3.63, 3.8) is 0 Å². The van der Waals surface area contributed by atoms with Gasteiger partial charge in [0.2, 0.25) is 0 Å². The average Bonchev–Trinajstić information content (AvgIpc) is 2.37. The van der Waals surface area contributed by atoms with Gasteiger partial charge in [0.05, 0.1) is 12.2 Å². The average molecular weight is 321 g/mol. The van der Waals surface area contributed by atoms with Gasteiger partial charge in [0, 0.05) is 4.90 Å². The Hall–Kier alpha value is -1.70. The number of halogens is 3. The van der Waals surface area contributed by atoms with Crippen LogP contribution >= 0.6 is 11.8 Å². The Kier molecular flexibility index (Phi) is 6.07. The summed E-state index contributed by atoms with van der Waals surface area (Å²) in [5.41, 5.74) is -4.64. The van der Waals surface area contributed by atoms with Crippen LogP contribution in [0.1, 0.15) is 24.2 Å². The maximum absolute atomic E-state index is 12.4. The van der Waals surface area contributed by atoms with Crippen LogP contribution < -0.4 is 5.32 Å². The lowest BCUT2D eigenvalue weighted by Gasteiger charge is -2.15. The Balaban J connectivity index is 2.85. The standard InChI is InChI=1S/C13H14F3NO3S/c1-3-20-12(19)8(2)17-11(18)9-6-4-5-7-10(9)21-13(14,15)16/h4-8H,3H2,1-2H3,(H,17,18). The third kappa shape index (κ3) is 5.66. The highest BCUT2D eigenvalue weighted by molar-refractivity contribution is 8.00. The molecule has 1 atom stereocenters. The SMILES string of the molecule is CCOC(=O)C(C)NC(=O)c1ccccc1SC(F)(F)F. The summed E-state index contributed by atoms with van der Waals surface area (Å²) in [7, 11) is 0. The molecule has 0 heterocycles. The predicted octanol–water partition coefficient (Wildman–Crippen LogP) is 2.98. The highest BCUT2D eigenvalue weighted by Crippen LogP contribution is 2.38. The molecule has 0 spiro atoms. The molecule has 4 nitrogen and oxygen atoms in total. The highest BCUT2D eigenvalue weighted by Gasteiger charge is 2.31. The van der Waals surface area contributed by atoms with Crippen molar-refractivity contribution in [3.05, 3.63) is 29.8 Å². The lowest BCUT2D eigenvalue weighted by Crippen LogP contribution is -2.39. The van der Waals surface area contributed by atoms with E-state index in [1.54, 1.807) is 6.92 Å². The van der Waals surface area contributed by atoms with Gasteiger partial charge >= 0.3 is 11.5 Å². The molecule has 1 aromatic rings. The van der Waals surface area contributed by atoms with Gasteiger partial charge in [-0.3, -0.25) is 4.79 Å². The summed E-state index contributed by atoms with van der Waals surface area (Å²) in [5.74, 6) is -1.41. The fraction of sp³-hybridized carbons (Fsp3) is 0.385. The molecule has 1 amide bonds. The van der Waals surface area contributed by atoms with Crippen molar-refractivity contribution in [2.45, 2.75) is 30.3 Å². The van der Waals surface area contributed by atoms with Crippen LogP contribution in [0.2, 0.25) is 0 Å². The Bertz CT molecular complexity index is 520. The molecule has 116 valence electrons. The van der Waals surface area contributed by atoms with E-state index in [0.717, 1.165) is 0 Å². The molecule has 1 rings (SSSR count). The Morgan fingerprint density at radius 2 is 1.95 bits per heavy atom. The van der Waals surface area contributed by atoms with Crippen molar-refractivity contribution in [1.82, 2.24) is 5.32 Å². The quantitative estimate of drug-likeness (QED) is 0.669. The van der Waals surface area contributed by atoms with E-state index in [-0.39, 0.29) is 28.8 Å². The first-order chi connectivity index (χ1) is 9.74. The van der Waals surface area contributed by atoms with E-state index < -0.39 is 23.4 Å². The number of hydrogen-bond acceptors (Lipinski definition) is 4. The summed E-state index contributed by atoms with van der Waals surface area (Å²) >= 11 is -0.376. The number of nitrogens with one attached hydrogen (secondary N) is 1. The zero-order chi connectivity index (χ0) is 16.0. The third-order valence-corrected chi connectivity index (χ3v) is 3.15. The third-order valence-electron chi connectivity index (χ3n) is 2.35. The van der Waals surface area contributed by atoms with E-state index >= 15 is 0 Å². The lowest BCUT2D eigenvalue weighted by atomic mass is 10.2. The minimum absolute atomic E-state index is 0.143. The van der Waals surface area contributed by atoms with E-state index in [0.29, 0.717) is 0 Å². The number of ether oxygens (including phenoxy) is 1. The molecule has 0 saturated heterocycles. The summed E-state index contributed by atoms with van der Waals surface area (Å²) in [4.78, 5) is 23.1. The molecule has 0 aromatic heterocycles. The first-order valence-electron chi connectivity index (χ1n) is 6.07. The van der Waals surface area contributed by atoms with Gasteiger partial charge in [-0.2, -0.15) is 13.2 Å². The molecule has 8 heteroatoms. The van der Waals surface area contributed by atoms with Gasteiger partial charge in [-0.25, -0.2) is 4.79 Å². The van der Waals surface area contributed by atoms with Crippen molar-refractivity contribution in [3.8, 4) is 0 Å². The summed E-state index contributed by atoms with van der Waals surface area (Å²) in [6.45, 7) is 3.16. The van der Waals surface area contributed by atoms with Crippen LogP contribution in [0.3, 0.4) is 0 Å². The zero-order valence-electron chi connectivity index (χ0n) is 11.4. The van der Waals surface area contributed by atoms with Gasteiger partial charge in [0.15, 0.2) is 0 Å². The number of hydrogen-bond donors (Lipinski definition) is 1. The van der Waals surface area contributed by atoms with Gasteiger partial charge in [-0.05, 0) is 37.7 Å². The summed E-state index contributed by atoms with van der Waals surface area (Å²) in [6, 6.07) is 4.37. The number of carbonyl (C=O) groups excluding carboxylic acids is 2. The molecule has 1 N–H and O–H groups in total. The van der Waals surface area contributed by atoms with E-state index in [4.69, 9.17) is 4.74 Å². The molecule has 0 saturated carbocycles. The second kappa shape index (κ2) is 7.35. The van der Waals surface area contributed by atoms with Gasteiger partial charge < -0.3 is 10.1 Å². The number of carbonyl (C=O) groups is 2. The van der Waals surface area contributed by atoms with Crippen LogP contribution in [0.5, 0.6) is 0 Å². The molecule has 1 aromatic carbocycles. The van der Waals surface area contributed by atoms with E-state index in [1.165, 1.54) is 31.2 Å². The Morgan fingerprint density at radius 3 is 2.52 bits per heavy atom. The first-order valence-corrected chi connectivity index (χ1v) is 6.88. The molecule has 0 bridgehead atoms. The van der Waals surface area contributed by atoms with Crippen molar-refractivity contribution in [2.75, 3.05) is 6.61 Å². The van der Waals surface area contributed by atoms with Crippen LogP contribution in [-0.2, 0) is 9.53 Å². The van der Waals surface area contributed by atoms with Crippen LogP contribution in [0, 0.1) is 0 Å². The largest absolute Gasteiger partial charge is 0.464 e. The number of amides is 1. The normalized spacial score (nSPS) is 12.6. The Labute approximate surface area is 124 Å². The van der Waals surface area contributed by atoms with Crippen molar-refractivity contribution >= 4 is 23.6 Å². The zero-order valence-corrected chi connectivity index (χ0v) is 12.2. The van der Waals surface area contributed by atoms with E-state index in [2.05, 4.69) is 5.32 Å². The topological polar surface area (TPSA) is 55.4 Å². The monoisotopic (exact) mass is 321 g/mol. The second-order valence-corrected chi connectivity index (χ2v) is 5.10. The molecule has 21 heavy (non-hydrogen) atoms. The van der Waals surface area contributed by atoms with Gasteiger partial charge in [-0.1, -0.05) is 12.1 Å². The minimum Gasteiger partial charge on any atom is -0.464 e. The molecule has 1 unspecified atom stereocenters. The second-order valence-electron chi connectivity index (χ2n) is 3.99. The van der Waals surface area contributed by atoms with Crippen molar-refractivity contribution < 1.29 is 27.5 Å². The molecule has 0 fully saturated rings. The van der Waals surface area contributed by atoms with Crippen molar-refractivity contribution in [2.24, 2.45) is 0 Å². The van der Waals surface area contributed by atoms with E-state index in [1.807, 2.05) is 0 Å².